The van der Waals surface area contributed by atoms with Crippen molar-refractivity contribution in [3.05, 3.63) is 117 Å². The summed E-state index contributed by atoms with van der Waals surface area (Å²) in [4.78, 5) is 52.0. The maximum absolute atomic E-state index is 14.0. The Morgan fingerprint density at radius 2 is 1.75 bits per heavy atom. The highest BCUT2D eigenvalue weighted by Gasteiger charge is 2.34. The molecule has 3 aromatic carbocycles. The summed E-state index contributed by atoms with van der Waals surface area (Å²) in [6.45, 7) is 10.8. The van der Waals surface area contributed by atoms with Gasteiger partial charge >= 0.3 is 6.09 Å². The minimum atomic E-state index is -4.64. The molecule has 0 saturated carbocycles. The van der Waals surface area contributed by atoms with E-state index in [1.54, 1.807) is 29.3 Å². The number of nitrogens with zero attached hydrogens (tertiary/aromatic N) is 6. The minimum Gasteiger partial charge on any atom is -0.465 e. The van der Waals surface area contributed by atoms with Crippen molar-refractivity contribution in [2.45, 2.75) is 57.4 Å². The summed E-state index contributed by atoms with van der Waals surface area (Å²) in [6.07, 6.45) is 5.82. The average molecular weight is 911 g/mol. The van der Waals surface area contributed by atoms with Gasteiger partial charge in [-0.05, 0) is 90.8 Å². The number of ether oxygens (including phenoxy) is 1. The van der Waals surface area contributed by atoms with Gasteiger partial charge < -0.3 is 29.5 Å². The van der Waals surface area contributed by atoms with Gasteiger partial charge in [0.15, 0.2) is 0 Å². The van der Waals surface area contributed by atoms with Crippen LogP contribution in [0.15, 0.2) is 95.7 Å². The molecule has 18 heteroatoms. The number of fused-ring (bicyclic) bond motifs is 1. The summed E-state index contributed by atoms with van der Waals surface area (Å²) in [5, 5.41) is 23.4. The van der Waals surface area contributed by atoms with Crippen LogP contribution >= 0.6 is 11.6 Å². The molecule has 336 valence electrons. The molecular weight excluding hydrogens is 860 g/mol. The highest BCUT2D eigenvalue weighted by molar-refractivity contribution is 7.90. The van der Waals surface area contributed by atoms with Crippen LogP contribution in [0.5, 0.6) is 11.5 Å². The van der Waals surface area contributed by atoms with Crippen LogP contribution in [0.25, 0.3) is 16.6 Å². The van der Waals surface area contributed by atoms with Gasteiger partial charge in [-0.25, -0.2) is 22.9 Å². The number of aromatic nitrogens is 2. The van der Waals surface area contributed by atoms with E-state index in [2.05, 4.69) is 50.5 Å². The number of anilines is 2. The van der Waals surface area contributed by atoms with Crippen LogP contribution in [0.3, 0.4) is 0 Å². The number of H-pyrrole nitrogens is 1. The first-order chi connectivity index (χ1) is 30.6. The van der Waals surface area contributed by atoms with Crippen LogP contribution in [0.1, 0.15) is 62.4 Å². The van der Waals surface area contributed by atoms with Crippen molar-refractivity contribution in [3.63, 3.8) is 0 Å². The monoisotopic (exact) mass is 910 g/mol. The van der Waals surface area contributed by atoms with Gasteiger partial charge in [0.2, 0.25) is 0 Å². The number of aromatic amines is 1. The number of hydrogen-bond acceptors (Lipinski definition) is 11. The third kappa shape index (κ3) is 9.66. The second kappa shape index (κ2) is 18.1. The summed E-state index contributed by atoms with van der Waals surface area (Å²) in [6, 6.07) is 19.7. The molecule has 2 amide bonds. The maximum atomic E-state index is 14.0. The van der Waals surface area contributed by atoms with Gasteiger partial charge in [-0.2, -0.15) is 0 Å². The number of amides is 2. The number of piperazine rings is 2. The van der Waals surface area contributed by atoms with Gasteiger partial charge in [0.25, 0.3) is 21.6 Å². The minimum absolute atomic E-state index is 0.0740. The first-order valence-corrected chi connectivity index (χ1v) is 23.2. The average Bonchev–Trinajstić information content (AvgIpc) is 3.75. The first-order valence-electron chi connectivity index (χ1n) is 21.4. The number of nitro groups is 1. The number of rotatable bonds is 12. The third-order valence-corrected chi connectivity index (χ3v) is 14.1. The summed E-state index contributed by atoms with van der Waals surface area (Å²) in [5.74, 6) is -0.573. The number of carbonyl (C=O) groups excluding carboxylic acids is 1. The van der Waals surface area contributed by atoms with Gasteiger partial charge in [0.1, 0.15) is 22.8 Å². The van der Waals surface area contributed by atoms with Crippen LogP contribution in [0, 0.1) is 15.5 Å². The van der Waals surface area contributed by atoms with E-state index >= 15 is 0 Å². The van der Waals surface area contributed by atoms with E-state index in [0.29, 0.717) is 30.9 Å². The lowest BCUT2D eigenvalue weighted by molar-refractivity contribution is -0.384. The quantitative estimate of drug-likeness (QED) is 0.0801. The Hall–Kier alpha value is -6.17. The van der Waals surface area contributed by atoms with E-state index < -0.39 is 43.6 Å². The molecule has 2 fully saturated rings. The van der Waals surface area contributed by atoms with Crippen molar-refractivity contribution in [1.82, 2.24) is 24.5 Å². The van der Waals surface area contributed by atoms with Crippen LogP contribution in [0.4, 0.5) is 21.9 Å². The summed E-state index contributed by atoms with van der Waals surface area (Å²) >= 11 is 6.24. The summed E-state index contributed by atoms with van der Waals surface area (Å²) in [5.41, 5.74) is 5.29. The largest absolute Gasteiger partial charge is 0.465 e. The Bertz CT molecular complexity index is 2730. The smallest absolute Gasteiger partial charge is 0.407 e. The number of carbonyl (C=O) groups is 2. The van der Waals surface area contributed by atoms with Gasteiger partial charge in [0, 0.05) is 86.8 Å². The maximum Gasteiger partial charge on any atom is 0.407 e. The van der Waals surface area contributed by atoms with Crippen molar-refractivity contribution < 1.29 is 32.8 Å². The molecule has 2 aliphatic heterocycles. The van der Waals surface area contributed by atoms with Crippen LogP contribution in [-0.4, -0.2) is 109 Å². The van der Waals surface area contributed by atoms with E-state index in [0.717, 1.165) is 61.1 Å². The lowest BCUT2D eigenvalue weighted by atomic mass is 9.72. The number of benzene rings is 3. The molecule has 64 heavy (non-hydrogen) atoms. The zero-order chi connectivity index (χ0) is 45.3. The van der Waals surface area contributed by atoms with Gasteiger partial charge in [0.05, 0.1) is 27.6 Å². The molecule has 1 aliphatic carbocycles. The molecule has 2 aromatic heterocycles. The van der Waals surface area contributed by atoms with Crippen molar-refractivity contribution >= 4 is 67.3 Å². The third-order valence-electron chi connectivity index (χ3n) is 12.6. The standard InChI is InChI=1S/C46H51ClN8O8S/c1-4-34-29-53(21-22-54(34)45(57)58)40-12-10-37(25-41(40)55(59)60)64(61,62)50-44(56)38-11-9-35(24-42(38)63-36-23-31-14-16-48-43(31)49-27-36)52-19-17-51(18-20-52)28-32-13-15-46(2,3)26-39(32)30-5-7-33(47)8-6-30/h5-12,14,16,23-25,27,34H,4,13,15,17-22,26,28-29H2,1-3H3,(H,48,49)(H,50,56)(H,57,58). The number of carboxylic acid groups (broad SMARTS) is 1. The Morgan fingerprint density at radius 1 is 1.00 bits per heavy atom. The van der Waals surface area contributed by atoms with Crippen molar-refractivity contribution in [3.8, 4) is 11.5 Å². The number of nitrogens with one attached hydrogen (secondary N) is 2. The molecule has 4 heterocycles. The number of hydrogen-bond donors (Lipinski definition) is 3. The molecule has 0 spiro atoms. The second-order valence-corrected chi connectivity index (χ2v) is 19.5. The number of nitro benzene ring substituents is 1. The van der Waals surface area contributed by atoms with E-state index in [1.807, 2.05) is 25.1 Å². The van der Waals surface area contributed by atoms with Gasteiger partial charge in [-0.15, -0.1) is 0 Å². The first kappa shape index (κ1) is 44.4. The van der Waals surface area contributed by atoms with Gasteiger partial charge in [-0.3, -0.25) is 19.8 Å². The highest BCUT2D eigenvalue weighted by atomic mass is 35.5. The predicted molar refractivity (Wildman–Crippen MR) is 246 cm³/mol. The van der Waals surface area contributed by atoms with Gasteiger partial charge in [-0.1, -0.05) is 50.1 Å². The van der Waals surface area contributed by atoms with E-state index in [-0.39, 0.29) is 42.0 Å². The van der Waals surface area contributed by atoms with E-state index in [9.17, 15) is 33.2 Å². The number of allylic oxidation sites excluding steroid dienone is 1. The Labute approximate surface area is 376 Å². The SMILES string of the molecule is CCC1CN(c2ccc(S(=O)(=O)NC(=O)c3ccc(N4CCN(CC5=C(c6ccc(Cl)cc6)CC(C)(C)CC5)CC4)cc3Oc3cnc4[nH]ccc4c3)cc2[N+](=O)[O-])CCN1C(=O)O. The van der Waals surface area contributed by atoms with E-state index in [1.165, 1.54) is 46.0 Å². The van der Waals surface area contributed by atoms with Crippen LogP contribution in [-0.2, 0) is 10.0 Å². The van der Waals surface area contributed by atoms with Crippen molar-refractivity contribution in [2.75, 3.05) is 62.2 Å². The van der Waals surface area contributed by atoms with Crippen LogP contribution in [0.2, 0.25) is 5.02 Å². The molecule has 5 aromatic rings. The zero-order valence-corrected chi connectivity index (χ0v) is 37.5. The van der Waals surface area contributed by atoms with Crippen molar-refractivity contribution in [2.24, 2.45) is 5.41 Å². The number of pyridine rings is 1. The molecule has 1 atom stereocenters. The Balaban J connectivity index is 1.02. The highest BCUT2D eigenvalue weighted by Crippen LogP contribution is 2.43. The fraction of sp³-hybridized carbons (Fsp3) is 0.370. The van der Waals surface area contributed by atoms with Crippen molar-refractivity contribution in [1.29, 1.82) is 0 Å². The second-order valence-electron chi connectivity index (χ2n) is 17.4. The molecule has 3 aliphatic rings. The fourth-order valence-corrected chi connectivity index (χ4v) is 10.1. The molecule has 0 radical (unpaired) electrons. The summed E-state index contributed by atoms with van der Waals surface area (Å²) in [7, 11) is -4.64. The molecule has 16 nitrogen and oxygen atoms in total. The Morgan fingerprint density at radius 3 is 2.47 bits per heavy atom. The normalized spacial score (nSPS) is 18.3. The van der Waals surface area contributed by atoms with Crippen LogP contribution < -0.4 is 19.3 Å². The lowest BCUT2D eigenvalue weighted by Gasteiger charge is -2.40. The molecule has 0 bridgehead atoms. The number of halogens is 1. The van der Waals surface area contributed by atoms with E-state index in [4.69, 9.17) is 16.3 Å². The molecule has 1 unspecified atom stereocenters. The molecular formula is C46H51ClN8O8S. The lowest BCUT2D eigenvalue weighted by Crippen LogP contribution is -2.54. The molecule has 3 N–H and O–H groups in total. The number of sulfonamides is 1. The predicted octanol–water partition coefficient (Wildman–Crippen LogP) is 8.40. The zero-order valence-electron chi connectivity index (χ0n) is 35.9. The molecule has 2 saturated heterocycles. The molecule has 8 rings (SSSR count). The Kier molecular flexibility index (Phi) is 12.6. The fourth-order valence-electron chi connectivity index (χ4n) is 8.98. The summed E-state index contributed by atoms with van der Waals surface area (Å²) < 4.78 is 36.0. The topological polar surface area (TPSA) is 195 Å².